The third-order valence-corrected chi connectivity index (χ3v) is 2.69. The quantitative estimate of drug-likeness (QED) is 0.781. The molecule has 1 aromatic rings. The van der Waals surface area contributed by atoms with Gasteiger partial charge in [-0.05, 0) is 17.7 Å². The van der Waals surface area contributed by atoms with Crippen molar-refractivity contribution in [1.82, 2.24) is 5.32 Å². The summed E-state index contributed by atoms with van der Waals surface area (Å²) < 4.78 is 5.03. The Kier molecular flexibility index (Phi) is 6.03. The van der Waals surface area contributed by atoms with Gasteiger partial charge < -0.3 is 10.1 Å². The Morgan fingerprint density at radius 2 is 2.00 bits per heavy atom. The molecule has 1 aromatic carbocycles. The molecule has 0 aliphatic carbocycles. The summed E-state index contributed by atoms with van der Waals surface area (Å²) in [7, 11) is 1.67. The lowest BCUT2D eigenvalue weighted by atomic mass is 10.2. The van der Waals surface area contributed by atoms with Gasteiger partial charge in [0.15, 0.2) is 0 Å². The van der Waals surface area contributed by atoms with E-state index in [1.54, 1.807) is 7.11 Å². The van der Waals surface area contributed by atoms with Crippen LogP contribution in [0.15, 0.2) is 24.3 Å². The molecule has 0 aromatic heterocycles. The van der Waals surface area contributed by atoms with Crippen LogP contribution in [0.5, 0.6) is 0 Å². The maximum absolute atomic E-state index is 5.79. The first-order valence-electron chi connectivity index (χ1n) is 4.79. The molecule has 2 nitrogen and oxygen atoms in total. The molecule has 0 heterocycles. The average Bonchev–Trinajstić information content (AvgIpc) is 2.26. The van der Waals surface area contributed by atoms with E-state index in [-0.39, 0.29) is 6.04 Å². The fourth-order valence-electron chi connectivity index (χ4n) is 1.22. The van der Waals surface area contributed by atoms with E-state index < -0.39 is 0 Å². The highest BCUT2D eigenvalue weighted by Gasteiger charge is 2.05. The molecule has 1 rings (SSSR count). The Morgan fingerprint density at radius 1 is 1.33 bits per heavy atom. The molecule has 1 unspecified atom stereocenters. The molecule has 0 fully saturated rings. The zero-order chi connectivity index (χ0) is 11.1. The van der Waals surface area contributed by atoms with E-state index in [4.69, 9.17) is 27.9 Å². The number of rotatable bonds is 6. The largest absolute Gasteiger partial charge is 0.383 e. The number of hydrogen-bond acceptors (Lipinski definition) is 2. The van der Waals surface area contributed by atoms with Crippen molar-refractivity contribution in [1.29, 1.82) is 0 Å². The zero-order valence-electron chi connectivity index (χ0n) is 8.67. The predicted octanol–water partition coefficient (Wildman–Crippen LogP) is 2.68. The van der Waals surface area contributed by atoms with Crippen LogP contribution < -0.4 is 5.32 Å². The van der Waals surface area contributed by atoms with Crippen LogP contribution in [0.2, 0.25) is 5.02 Å². The highest BCUT2D eigenvalue weighted by Crippen LogP contribution is 2.09. The molecule has 1 N–H and O–H groups in total. The molecule has 0 bridgehead atoms. The summed E-state index contributed by atoms with van der Waals surface area (Å²) in [5.74, 6) is 0.543. The van der Waals surface area contributed by atoms with Gasteiger partial charge in [0, 0.05) is 30.6 Å². The zero-order valence-corrected chi connectivity index (χ0v) is 10.2. The Bertz CT molecular complexity index is 276. The van der Waals surface area contributed by atoms with E-state index in [0.717, 1.165) is 11.6 Å². The van der Waals surface area contributed by atoms with Crippen LogP contribution >= 0.6 is 23.2 Å². The van der Waals surface area contributed by atoms with Gasteiger partial charge in [-0.2, -0.15) is 0 Å². The summed E-state index contributed by atoms with van der Waals surface area (Å²) in [6, 6.07) is 7.93. The minimum absolute atomic E-state index is 0.187. The molecule has 0 aliphatic rings. The molecule has 0 amide bonds. The summed E-state index contributed by atoms with van der Waals surface area (Å²) in [5, 5.41) is 4.06. The van der Waals surface area contributed by atoms with Crippen LogP contribution in [0.1, 0.15) is 5.56 Å². The number of nitrogens with one attached hydrogen (secondary N) is 1. The average molecular weight is 248 g/mol. The van der Waals surface area contributed by atoms with Gasteiger partial charge in [-0.25, -0.2) is 0 Å². The Balaban J connectivity index is 2.38. The maximum Gasteiger partial charge on any atom is 0.0627 e. The van der Waals surface area contributed by atoms with E-state index in [1.165, 1.54) is 5.56 Å². The fourth-order valence-corrected chi connectivity index (χ4v) is 1.55. The number of halogens is 2. The molecular weight excluding hydrogens is 233 g/mol. The molecule has 1 atom stereocenters. The smallest absolute Gasteiger partial charge is 0.0627 e. The Labute approximate surface area is 101 Å². The van der Waals surface area contributed by atoms with Gasteiger partial charge in [0.25, 0.3) is 0 Å². The van der Waals surface area contributed by atoms with Crippen molar-refractivity contribution in [3.8, 4) is 0 Å². The van der Waals surface area contributed by atoms with Crippen molar-refractivity contribution < 1.29 is 4.74 Å². The van der Waals surface area contributed by atoms with Gasteiger partial charge in [0.1, 0.15) is 0 Å². The van der Waals surface area contributed by atoms with Gasteiger partial charge in [0.05, 0.1) is 6.61 Å². The molecule has 0 saturated heterocycles. The molecule has 15 heavy (non-hydrogen) atoms. The molecular formula is C11H15Cl2NO. The van der Waals surface area contributed by atoms with E-state index in [0.29, 0.717) is 12.5 Å². The van der Waals surface area contributed by atoms with E-state index in [9.17, 15) is 0 Å². The van der Waals surface area contributed by atoms with Crippen molar-refractivity contribution in [2.24, 2.45) is 0 Å². The van der Waals surface area contributed by atoms with Gasteiger partial charge >= 0.3 is 0 Å². The van der Waals surface area contributed by atoms with E-state index in [1.807, 2.05) is 24.3 Å². The van der Waals surface area contributed by atoms with Crippen LogP contribution in [-0.4, -0.2) is 25.6 Å². The van der Waals surface area contributed by atoms with Crippen molar-refractivity contribution in [3.63, 3.8) is 0 Å². The lowest BCUT2D eigenvalue weighted by molar-refractivity contribution is 0.172. The molecule has 0 radical (unpaired) electrons. The molecule has 0 aliphatic heterocycles. The SMILES string of the molecule is COCC(CCl)NCc1ccc(Cl)cc1. The van der Waals surface area contributed by atoms with Crippen LogP contribution in [0.3, 0.4) is 0 Å². The first-order chi connectivity index (χ1) is 7.26. The van der Waals surface area contributed by atoms with Crippen LogP contribution in [0, 0.1) is 0 Å². The topological polar surface area (TPSA) is 21.3 Å². The van der Waals surface area contributed by atoms with Crippen molar-refractivity contribution in [2.45, 2.75) is 12.6 Å². The standard InChI is InChI=1S/C11H15Cl2NO/c1-15-8-11(6-12)14-7-9-2-4-10(13)5-3-9/h2-5,11,14H,6-8H2,1H3. The van der Waals surface area contributed by atoms with Crippen LogP contribution in [0.4, 0.5) is 0 Å². The summed E-state index contributed by atoms with van der Waals surface area (Å²) in [6.07, 6.45) is 0. The summed E-state index contributed by atoms with van der Waals surface area (Å²) >= 11 is 11.6. The van der Waals surface area contributed by atoms with Crippen LogP contribution in [-0.2, 0) is 11.3 Å². The number of benzene rings is 1. The lowest BCUT2D eigenvalue weighted by Gasteiger charge is -2.14. The summed E-state index contributed by atoms with van der Waals surface area (Å²) in [5.41, 5.74) is 1.19. The number of hydrogen-bond donors (Lipinski definition) is 1. The first-order valence-corrected chi connectivity index (χ1v) is 5.70. The molecule has 0 spiro atoms. The normalized spacial score (nSPS) is 12.7. The number of alkyl halides is 1. The predicted molar refractivity (Wildman–Crippen MR) is 64.7 cm³/mol. The second kappa shape index (κ2) is 7.07. The fraction of sp³-hybridized carbons (Fsp3) is 0.455. The van der Waals surface area contributed by atoms with Crippen molar-refractivity contribution >= 4 is 23.2 Å². The number of ether oxygens (including phenoxy) is 1. The minimum Gasteiger partial charge on any atom is -0.383 e. The van der Waals surface area contributed by atoms with E-state index in [2.05, 4.69) is 5.32 Å². The highest BCUT2D eigenvalue weighted by molar-refractivity contribution is 6.30. The second-order valence-electron chi connectivity index (χ2n) is 3.31. The summed E-state index contributed by atoms with van der Waals surface area (Å²) in [4.78, 5) is 0. The lowest BCUT2D eigenvalue weighted by Crippen LogP contribution is -2.34. The summed E-state index contributed by atoms with van der Waals surface area (Å²) in [6.45, 7) is 1.40. The highest BCUT2D eigenvalue weighted by atomic mass is 35.5. The van der Waals surface area contributed by atoms with Gasteiger partial charge in [-0.15, -0.1) is 11.6 Å². The van der Waals surface area contributed by atoms with Crippen molar-refractivity contribution in [3.05, 3.63) is 34.9 Å². The second-order valence-corrected chi connectivity index (χ2v) is 4.06. The van der Waals surface area contributed by atoms with Crippen LogP contribution in [0.25, 0.3) is 0 Å². The van der Waals surface area contributed by atoms with Crippen molar-refractivity contribution in [2.75, 3.05) is 19.6 Å². The number of methoxy groups -OCH3 is 1. The van der Waals surface area contributed by atoms with E-state index >= 15 is 0 Å². The van der Waals surface area contributed by atoms with Gasteiger partial charge in [0.2, 0.25) is 0 Å². The maximum atomic E-state index is 5.79. The molecule has 84 valence electrons. The third kappa shape index (κ3) is 4.85. The first kappa shape index (κ1) is 12.8. The molecule has 0 saturated carbocycles. The van der Waals surface area contributed by atoms with Gasteiger partial charge in [-0.1, -0.05) is 23.7 Å². The Hall–Kier alpha value is -0.280. The third-order valence-electron chi connectivity index (χ3n) is 2.06. The van der Waals surface area contributed by atoms with Gasteiger partial charge in [-0.3, -0.25) is 0 Å². The molecule has 4 heteroatoms. The monoisotopic (exact) mass is 247 g/mol. The Morgan fingerprint density at radius 3 is 2.53 bits per heavy atom. The minimum atomic E-state index is 0.187.